The Hall–Kier alpha value is -0.440. The topological polar surface area (TPSA) is 35.2 Å². The van der Waals surface area contributed by atoms with Crippen LogP contribution in [0, 0.1) is 13.8 Å². The average molecular weight is 248 g/mol. The number of rotatable bonds is 3. The van der Waals surface area contributed by atoms with Crippen molar-refractivity contribution in [3.8, 4) is 5.75 Å². The molecule has 1 aromatic carbocycles. The van der Waals surface area contributed by atoms with Crippen LogP contribution in [0.3, 0.4) is 0 Å². The lowest BCUT2D eigenvalue weighted by Crippen LogP contribution is -2.15. The van der Waals surface area contributed by atoms with Gasteiger partial charge in [-0.05, 0) is 31.0 Å². The zero-order valence-electron chi connectivity index (χ0n) is 9.10. The molecule has 0 spiro atoms. The van der Waals surface area contributed by atoms with Gasteiger partial charge in [0.05, 0.1) is 7.11 Å². The summed E-state index contributed by atoms with van der Waals surface area (Å²) < 4.78 is 5.29. The Morgan fingerprint density at radius 2 is 2.07 bits per heavy atom. The number of hydrogen-bond acceptors (Lipinski definition) is 2. The molecule has 1 rings (SSSR count). The first-order valence-corrected chi connectivity index (χ1v) is 5.59. The second-order valence-corrected chi connectivity index (χ2v) is 4.20. The normalized spacial score (nSPS) is 12.7. The molecule has 0 aromatic heterocycles. The molecular formula is C11H15Cl2NO. The van der Waals surface area contributed by atoms with Crippen molar-refractivity contribution >= 4 is 23.2 Å². The van der Waals surface area contributed by atoms with E-state index in [-0.39, 0.29) is 6.04 Å². The number of aryl methyl sites for hydroxylation is 1. The Morgan fingerprint density at radius 1 is 1.47 bits per heavy atom. The maximum atomic E-state index is 6.16. The second kappa shape index (κ2) is 5.06. The van der Waals surface area contributed by atoms with E-state index in [2.05, 4.69) is 0 Å². The molecule has 2 N–H and O–H groups in total. The lowest BCUT2D eigenvalue weighted by Gasteiger charge is -2.18. The molecule has 0 saturated carbocycles. The minimum Gasteiger partial charge on any atom is -0.496 e. The number of alkyl halides is 1. The van der Waals surface area contributed by atoms with Gasteiger partial charge in [0, 0.05) is 22.5 Å². The molecule has 0 aliphatic heterocycles. The van der Waals surface area contributed by atoms with Crippen molar-refractivity contribution in [3.63, 3.8) is 0 Å². The van der Waals surface area contributed by atoms with Crippen LogP contribution in [0.5, 0.6) is 5.75 Å². The van der Waals surface area contributed by atoms with Crippen molar-refractivity contribution in [2.45, 2.75) is 19.9 Å². The average Bonchev–Trinajstić information content (AvgIpc) is 2.24. The third-order valence-corrected chi connectivity index (χ3v) is 3.36. The van der Waals surface area contributed by atoms with Crippen LogP contribution in [0.25, 0.3) is 0 Å². The molecule has 4 heteroatoms. The first-order valence-electron chi connectivity index (χ1n) is 4.68. The molecule has 1 unspecified atom stereocenters. The maximum Gasteiger partial charge on any atom is 0.124 e. The summed E-state index contributed by atoms with van der Waals surface area (Å²) in [5, 5.41) is 0.728. The fraction of sp³-hybridized carbons (Fsp3) is 0.455. The highest BCUT2D eigenvalue weighted by molar-refractivity contribution is 6.32. The van der Waals surface area contributed by atoms with Gasteiger partial charge >= 0.3 is 0 Å². The van der Waals surface area contributed by atoms with E-state index in [0.717, 1.165) is 27.5 Å². The highest BCUT2D eigenvalue weighted by Gasteiger charge is 2.17. The lowest BCUT2D eigenvalue weighted by atomic mass is 9.99. The summed E-state index contributed by atoms with van der Waals surface area (Å²) in [5.41, 5.74) is 8.74. The van der Waals surface area contributed by atoms with Gasteiger partial charge in [0.2, 0.25) is 0 Å². The Morgan fingerprint density at radius 3 is 2.53 bits per heavy atom. The van der Waals surface area contributed by atoms with E-state index < -0.39 is 0 Å². The highest BCUT2D eigenvalue weighted by Crippen LogP contribution is 2.35. The van der Waals surface area contributed by atoms with E-state index in [1.807, 2.05) is 19.9 Å². The van der Waals surface area contributed by atoms with Gasteiger partial charge in [0.15, 0.2) is 0 Å². The van der Waals surface area contributed by atoms with Crippen LogP contribution >= 0.6 is 23.2 Å². The van der Waals surface area contributed by atoms with Gasteiger partial charge in [-0.25, -0.2) is 0 Å². The molecule has 0 aliphatic carbocycles. The zero-order valence-corrected chi connectivity index (χ0v) is 10.6. The smallest absolute Gasteiger partial charge is 0.124 e. The number of nitrogens with two attached hydrogens (primary N) is 1. The van der Waals surface area contributed by atoms with Crippen molar-refractivity contribution in [2.24, 2.45) is 5.73 Å². The zero-order chi connectivity index (χ0) is 11.6. The molecule has 0 amide bonds. The molecule has 2 nitrogen and oxygen atoms in total. The van der Waals surface area contributed by atoms with Gasteiger partial charge < -0.3 is 10.5 Å². The maximum absolute atomic E-state index is 6.16. The van der Waals surface area contributed by atoms with Gasteiger partial charge in [-0.15, -0.1) is 11.6 Å². The van der Waals surface area contributed by atoms with Crippen LogP contribution in [0.15, 0.2) is 6.07 Å². The monoisotopic (exact) mass is 247 g/mol. The van der Waals surface area contributed by atoms with Crippen LogP contribution in [0.1, 0.15) is 22.7 Å². The van der Waals surface area contributed by atoms with Crippen LogP contribution in [-0.2, 0) is 0 Å². The van der Waals surface area contributed by atoms with Gasteiger partial charge in [-0.1, -0.05) is 11.6 Å². The standard InChI is InChI=1S/C11H15Cl2NO/c1-6-4-9(15-3)10(8(14)5-12)7(2)11(6)13/h4,8H,5,14H2,1-3H3. The Bertz CT molecular complexity index is 366. The number of ether oxygens (including phenoxy) is 1. The van der Waals surface area contributed by atoms with E-state index in [1.165, 1.54) is 0 Å². The van der Waals surface area contributed by atoms with Crippen molar-refractivity contribution in [2.75, 3.05) is 13.0 Å². The number of hydrogen-bond donors (Lipinski definition) is 1. The van der Waals surface area contributed by atoms with Gasteiger partial charge in [0.1, 0.15) is 5.75 Å². The first-order chi connectivity index (χ1) is 7.02. The Balaban J connectivity index is 3.40. The van der Waals surface area contributed by atoms with Crippen LogP contribution in [0.2, 0.25) is 5.02 Å². The first kappa shape index (κ1) is 12.6. The Kier molecular flexibility index (Phi) is 4.26. The summed E-state index contributed by atoms with van der Waals surface area (Å²) in [7, 11) is 1.62. The lowest BCUT2D eigenvalue weighted by molar-refractivity contribution is 0.406. The van der Waals surface area contributed by atoms with Gasteiger partial charge in [-0.3, -0.25) is 0 Å². The SMILES string of the molecule is COc1cc(C)c(Cl)c(C)c1C(N)CCl. The van der Waals surface area contributed by atoms with Crippen LogP contribution < -0.4 is 10.5 Å². The predicted molar refractivity (Wildman–Crippen MR) is 65.1 cm³/mol. The third-order valence-electron chi connectivity index (χ3n) is 2.45. The molecule has 0 heterocycles. The van der Waals surface area contributed by atoms with Crippen molar-refractivity contribution in [1.29, 1.82) is 0 Å². The number of halogens is 2. The van der Waals surface area contributed by atoms with E-state index in [9.17, 15) is 0 Å². The Labute approximate surface area is 100 Å². The highest BCUT2D eigenvalue weighted by atomic mass is 35.5. The van der Waals surface area contributed by atoms with Gasteiger partial charge in [-0.2, -0.15) is 0 Å². The van der Waals surface area contributed by atoms with Gasteiger partial charge in [0.25, 0.3) is 0 Å². The fourth-order valence-corrected chi connectivity index (χ4v) is 1.95. The van der Waals surface area contributed by atoms with Crippen LogP contribution in [-0.4, -0.2) is 13.0 Å². The minimum atomic E-state index is -0.250. The van der Waals surface area contributed by atoms with Crippen molar-refractivity contribution in [1.82, 2.24) is 0 Å². The summed E-state index contributed by atoms with van der Waals surface area (Å²) in [5.74, 6) is 1.10. The number of benzene rings is 1. The van der Waals surface area contributed by atoms with E-state index in [0.29, 0.717) is 5.88 Å². The molecule has 0 bridgehead atoms. The second-order valence-electron chi connectivity index (χ2n) is 3.51. The summed E-state index contributed by atoms with van der Waals surface area (Å²) in [6, 6.07) is 1.64. The molecule has 1 atom stereocenters. The largest absolute Gasteiger partial charge is 0.496 e. The molecule has 0 radical (unpaired) electrons. The third kappa shape index (κ3) is 2.39. The predicted octanol–water partition coefficient (Wildman–Crippen LogP) is 3.20. The molecule has 0 fully saturated rings. The molecule has 15 heavy (non-hydrogen) atoms. The summed E-state index contributed by atoms with van der Waals surface area (Å²) >= 11 is 11.9. The number of methoxy groups -OCH3 is 1. The summed E-state index contributed by atoms with van der Waals surface area (Å²) in [6.45, 7) is 3.87. The molecule has 0 aliphatic rings. The fourth-order valence-electron chi connectivity index (χ4n) is 1.64. The van der Waals surface area contributed by atoms with E-state index >= 15 is 0 Å². The van der Waals surface area contributed by atoms with E-state index in [1.54, 1.807) is 7.11 Å². The molecule has 0 saturated heterocycles. The van der Waals surface area contributed by atoms with Crippen LogP contribution in [0.4, 0.5) is 0 Å². The van der Waals surface area contributed by atoms with Crippen molar-refractivity contribution in [3.05, 3.63) is 27.8 Å². The molecule has 84 valence electrons. The summed E-state index contributed by atoms with van der Waals surface area (Å²) in [6.07, 6.45) is 0. The van der Waals surface area contributed by atoms with E-state index in [4.69, 9.17) is 33.7 Å². The molecular weight excluding hydrogens is 233 g/mol. The minimum absolute atomic E-state index is 0.250. The van der Waals surface area contributed by atoms with Crippen molar-refractivity contribution < 1.29 is 4.74 Å². The summed E-state index contributed by atoms with van der Waals surface area (Å²) in [4.78, 5) is 0. The molecule has 1 aromatic rings. The quantitative estimate of drug-likeness (QED) is 0.833.